The molecule has 0 saturated carbocycles. The second-order valence-electron chi connectivity index (χ2n) is 5.39. The van der Waals surface area contributed by atoms with Gasteiger partial charge in [0.25, 0.3) is 5.91 Å². The van der Waals surface area contributed by atoms with Crippen LogP contribution in [0, 0.1) is 5.82 Å². The van der Waals surface area contributed by atoms with E-state index in [2.05, 4.69) is 15.0 Å². The smallest absolute Gasteiger partial charge is 0.266 e. The maximum atomic E-state index is 14.1. The first-order chi connectivity index (χ1) is 12.2. The Kier molecular flexibility index (Phi) is 4.10. The number of aromatic nitrogens is 3. The topological polar surface area (TPSA) is 68.2 Å². The van der Waals surface area contributed by atoms with Crippen LogP contribution in [0.4, 0.5) is 4.39 Å². The van der Waals surface area contributed by atoms with Gasteiger partial charge in [-0.15, -0.1) is 11.3 Å². The number of nitrogens with zero attached hydrogens (tertiary/aromatic N) is 4. The van der Waals surface area contributed by atoms with Gasteiger partial charge in [0.2, 0.25) is 0 Å². The molecule has 126 valence electrons. The molecule has 1 aliphatic rings. The van der Waals surface area contributed by atoms with E-state index < -0.39 is 0 Å². The van der Waals surface area contributed by atoms with Crippen molar-refractivity contribution in [2.24, 2.45) is 0 Å². The molecule has 0 saturated heterocycles. The summed E-state index contributed by atoms with van der Waals surface area (Å²) < 4.78 is 19.6. The molecule has 3 aromatic rings. The highest BCUT2D eigenvalue weighted by Gasteiger charge is 2.25. The van der Waals surface area contributed by atoms with Crippen molar-refractivity contribution in [3.63, 3.8) is 0 Å². The number of benzene rings is 1. The van der Waals surface area contributed by atoms with Crippen LogP contribution in [0.5, 0.6) is 5.75 Å². The van der Waals surface area contributed by atoms with Crippen LogP contribution in [0.2, 0.25) is 0 Å². The van der Waals surface area contributed by atoms with Crippen molar-refractivity contribution in [3.05, 3.63) is 59.1 Å². The number of thiazole rings is 1. The lowest BCUT2D eigenvalue weighted by Crippen LogP contribution is -2.32. The Balaban J connectivity index is 1.59. The van der Waals surface area contributed by atoms with E-state index >= 15 is 0 Å². The lowest BCUT2D eigenvalue weighted by Gasteiger charge is -2.18. The van der Waals surface area contributed by atoms with Gasteiger partial charge in [-0.05, 0) is 18.2 Å². The van der Waals surface area contributed by atoms with Crippen molar-refractivity contribution < 1.29 is 13.9 Å². The van der Waals surface area contributed by atoms with Crippen molar-refractivity contribution in [3.8, 4) is 16.6 Å². The summed E-state index contributed by atoms with van der Waals surface area (Å²) >= 11 is 1.22. The van der Waals surface area contributed by atoms with E-state index in [1.165, 1.54) is 23.6 Å². The highest BCUT2D eigenvalue weighted by atomic mass is 32.1. The third-order valence-electron chi connectivity index (χ3n) is 3.80. The fourth-order valence-electron chi connectivity index (χ4n) is 2.58. The number of hydrogen-bond acceptors (Lipinski definition) is 6. The highest BCUT2D eigenvalue weighted by Crippen LogP contribution is 2.28. The van der Waals surface area contributed by atoms with E-state index in [0.29, 0.717) is 40.2 Å². The molecule has 0 unspecified atom stereocenters. The van der Waals surface area contributed by atoms with Crippen LogP contribution in [0.25, 0.3) is 10.8 Å². The largest absolute Gasteiger partial charge is 0.491 e. The van der Waals surface area contributed by atoms with Crippen molar-refractivity contribution in [1.29, 1.82) is 0 Å². The quantitative estimate of drug-likeness (QED) is 0.706. The van der Waals surface area contributed by atoms with Gasteiger partial charge in [0.15, 0.2) is 10.8 Å². The predicted molar refractivity (Wildman–Crippen MR) is 89.8 cm³/mol. The lowest BCUT2D eigenvalue weighted by atomic mass is 10.1. The molecule has 3 heterocycles. The van der Waals surface area contributed by atoms with Crippen LogP contribution in [0.15, 0.2) is 42.9 Å². The molecule has 2 aromatic heterocycles. The summed E-state index contributed by atoms with van der Waals surface area (Å²) in [6.07, 6.45) is 4.75. The monoisotopic (exact) mass is 356 g/mol. The van der Waals surface area contributed by atoms with E-state index in [9.17, 15) is 9.18 Å². The van der Waals surface area contributed by atoms with Crippen molar-refractivity contribution in [2.75, 3.05) is 13.2 Å². The number of ether oxygens (including phenoxy) is 1. The summed E-state index contributed by atoms with van der Waals surface area (Å²) in [6.45, 7) is 0.855. The highest BCUT2D eigenvalue weighted by molar-refractivity contribution is 7.16. The first-order valence-corrected chi connectivity index (χ1v) is 8.47. The lowest BCUT2D eigenvalue weighted by molar-refractivity contribution is 0.0737. The summed E-state index contributed by atoms with van der Waals surface area (Å²) in [6, 6.07) is 6.39. The summed E-state index contributed by atoms with van der Waals surface area (Å²) in [7, 11) is 0. The Morgan fingerprint density at radius 1 is 1.20 bits per heavy atom. The Hall–Kier alpha value is -2.87. The number of hydrogen-bond donors (Lipinski definition) is 0. The third kappa shape index (κ3) is 3.08. The fraction of sp³-hybridized carbons (Fsp3) is 0.176. The van der Waals surface area contributed by atoms with Crippen molar-refractivity contribution >= 4 is 17.2 Å². The molecule has 25 heavy (non-hydrogen) atoms. The average molecular weight is 356 g/mol. The molecule has 4 rings (SSSR count). The summed E-state index contributed by atoms with van der Waals surface area (Å²) in [4.78, 5) is 27.3. The first kappa shape index (κ1) is 15.6. The Morgan fingerprint density at radius 2 is 2.04 bits per heavy atom. The van der Waals surface area contributed by atoms with E-state index in [1.54, 1.807) is 35.5 Å². The standard InChI is InChI=1S/C17H13FN4O2S/c18-12-3-1-4-13-11(12)10-22(7-8-24-13)17(23)14-9-21-16(25-14)15-19-5-2-6-20-15/h1-6,9H,7-8,10H2. The predicted octanol–water partition coefficient (Wildman–Crippen LogP) is 2.77. The molecule has 0 bridgehead atoms. The van der Waals surface area contributed by atoms with Gasteiger partial charge in [-0.3, -0.25) is 4.79 Å². The minimum atomic E-state index is -0.375. The number of carbonyl (C=O) groups excluding carboxylic acids is 1. The zero-order valence-electron chi connectivity index (χ0n) is 13.1. The van der Waals surface area contributed by atoms with E-state index in [1.807, 2.05) is 0 Å². The first-order valence-electron chi connectivity index (χ1n) is 7.65. The third-order valence-corrected chi connectivity index (χ3v) is 4.79. The summed E-state index contributed by atoms with van der Waals surface area (Å²) in [5.41, 5.74) is 0.393. The molecule has 1 aromatic carbocycles. The van der Waals surface area contributed by atoms with Crippen LogP contribution >= 0.6 is 11.3 Å². The summed E-state index contributed by atoms with van der Waals surface area (Å²) in [5.74, 6) is 0.374. The number of halogens is 1. The maximum Gasteiger partial charge on any atom is 0.266 e. The second-order valence-corrected chi connectivity index (χ2v) is 6.42. The van der Waals surface area contributed by atoms with Crippen LogP contribution in [0.3, 0.4) is 0 Å². The zero-order valence-corrected chi connectivity index (χ0v) is 13.9. The number of carbonyl (C=O) groups is 1. The minimum absolute atomic E-state index is 0.163. The van der Waals surface area contributed by atoms with E-state index in [-0.39, 0.29) is 18.3 Å². The molecular formula is C17H13FN4O2S. The molecular weight excluding hydrogens is 343 g/mol. The maximum absolute atomic E-state index is 14.1. The van der Waals surface area contributed by atoms with Crippen molar-refractivity contribution in [1.82, 2.24) is 19.9 Å². The Morgan fingerprint density at radius 3 is 2.88 bits per heavy atom. The SMILES string of the molecule is O=C(c1cnc(-c2ncccn2)s1)N1CCOc2cccc(F)c2C1. The number of amides is 1. The van der Waals surface area contributed by atoms with Crippen molar-refractivity contribution in [2.45, 2.75) is 6.54 Å². The van der Waals surface area contributed by atoms with Gasteiger partial charge in [-0.2, -0.15) is 0 Å². The van der Waals surface area contributed by atoms with E-state index in [0.717, 1.165) is 0 Å². The molecule has 1 aliphatic heterocycles. The van der Waals surface area contributed by atoms with Gasteiger partial charge in [-0.25, -0.2) is 19.3 Å². The van der Waals surface area contributed by atoms with Gasteiger partial charge in [0.05, 0.1) is 19.3 Å². The van der Waals surface area contributed by atoms with Gasteiger partial charge in [0.1, 0.15) is 23.1 Å². The number of fused-ring (bicyclic) bond motifs is 1. The van der Waals surface area contributed by atoms with Gasteiger partial charge < -0.3 is 9.64 Å². The van der Waals surface area contributed by atoms with Gasteiger partial charge >= 0.3 is 0 Å². The van der Waals surface area contributed by atoms with Crippen LogP contribution in [0.1, 0.15) is 15.2 Å². The molecule has 0 spiro atoms. The molecule has 1 amide bonds. The average Bonchev–Trinajstić information content (AvgIpc) is 3.03. The van der Waals surface area contributed by atoms with Crippen LogP contribution in [-0.2, 0) is 6.54 Å². The number of rotatable bonds is 2. The van der Waals surface area contributed by atoms with Gasteiger partial charge in [0, 0.05) is 18.0 Å². The molecule has 0 N–H and O–H groups in total. The molecule has 0 atom stereocenters. The van der Waals surface area contributed by atoms with Crippen LogP contribution in [-0.4, -0.2) is 38.9 Å². The van der Waals surface area contributed by atoms with Gasteiger partial charge in [-0.1, -0.05) is 6.07 Å². The van der Waals surface area contributed by atoms with E-state index in [4.69, 9.17) is 4.74 Å². The molecule has 0 fully saturated rings. The second kappa shape index (κ2) is 6.56. The summed E-state index contributed by atoms with van der Waals surface area (Å²) in [5, 5.41) is 0.571. The zero-order chi connectivity index (χ0) is 17.2. The van der Waals surface area contributed by atoms with Crippen LogP contribution < -0.4 is 4.74 Å². The fourth-order valence-corrected chi connectivity index (χ4v) is 3.41. The minimum Gasteiger partial charge on any atom is -0.491 e. The molecule has 6 nitrogen and oxygen atoms in total. The molecule has 8 heteroatoms. The Labute approximate surface area is 146 Å². The molecule has 0 radical (unpaired) electrons. The normalized spacial score (nSPS) is 13.7. The Bertz CT molecular complexity index is 916. The molecule has 0 aliphatic carbocycles.